The smallest absolute Gasteiger partial charge is 0.405 e. The number of rotatable bonds is 7. The van der Waals surface area contributed by atoms with Crippen LogP contribution >= 0.6 is 0 Å². The molecule has 1 aromatic carbocycles. The highest BCUT2D eigenvalue weighted by molar-refractivity contribution is 5.77. The van der Waals surface area contributed by atoms with Crippen molar-refractivity contribution < 1.29 is 22.7 Å². The lowest BCUT2D eigenvalue weighted by molar-refractivity contribution is -0.274. The number of alkyl halides is 3. The van der Waals surface area contributed by atoms with Gasteiger partial charge in [-0.15, -0.1) is 13.2 Å². The van der Waals surface area contributed by atoms with Gasteiger partial charge in [-0.1, -0.05) is 32.0 Å². The van der Waals surface area contributed by atoms with Crippen LogP contribution in [0.5, 0.6) is 5.75 Å². The third-order valence-electron chi connectivity index (χ3n) is 2.51. The number of carbonyl (C=O) groups excluding carboxylic acids is 1. The molecule has 0 aliphatic carbocycles. The normalized spacial score (nSPS) is 11.5. The second-order valence-corrected chi connectivity index (χ2v) is 4.96. The van der Waals surface area contributed by atoms with Crippen LogP contribution in [0.4, 0.5) is 13.2 Å². The molecule has 1 aromatic rings. The molecule has 0 saturated heterocycles. The number of carbonyl (C=O) groups is 1. The van der Waals surface area contributed by atoms with E-state index in [2.05, 4.69) is 15.4 Å². The van der Waals surface area contributed by atoms with Crippen LogP contribution in [-0.4, -0.2) is 25.4 Å². The van der Waals surface area contributed by atoms with Gasteiger partial charge >= 0.3 is 6.36 Å². The van der Waals surface area contributed by atoms with Crippen molar-refractivity contribution in [2.75, 3.05) is 13.1 Å². The summed E-state index contributed by atoms with van der Waals surface area (Å²) in [5.74, 6) is -0.118. The molecule has 0 aliphatic rings. The van der Waals surface area contributed by atoms with E-state index in [0.29, 0.717) is 18.0 Å². The van der Waals surface area contributed by atoms with E-state index in [1.54, 1.807) is 6.07 Å². The average molecular weight is 304 g/mol. The van der Waals surface area contributed by atoms with Crippen LogP contribution in [-0.2, 0) is 11.3 Å². The number of ether oxygens (including phenoxy) is 1. The first-order chi connectivity index (χ1) is 9.78. The maximum absolute atomic E-state index is 12.2. The summed E-state index contributed by atoms with van der Waals surface area (Å²) in [5, 5.41) is 5.50. The largest absolute Gasteiger partial charge is 0.573 e. The van der Waals surface area contributed by atoms with E-state index in [9.17, 15) is 18.0 Å². The van der Waals surface area contributed by atoms with Crippen molar-refractivity contribution in [1.29, 1.82) is 0 Å². The van der Waals surface area contributed by atoms with Gasteiger partial charge in [-0.25, -0.2) is 0 Å². The van der Waals surface area contributed by atoms with Gasteiger partial charge in [0.05, 0.1) is 6.54 Å². The third-order valence-corrected chi connectivity index (χ3v) is 2.51. The molecule has 0 aliphatic heterocycles. The molecule has 1 rings (SSSR count). The molecule has 0 bridgehead atoms. The van der Waals surface area contributed by atoms with Crippen LogP contribution in [0.25, 0.3) is 0 Å². The van der Waals surface area contributed by atoms with E-state index in [0.717, 1.165) is 0 Å². The predicted octanol–water partition coefficient (Wildman–Crippen LogP) is 2.45. The van der Waals surface area contributed by atoms with Gasteiger partial charge in [-0.05, 0) is 12.0 Å². The van der Waals surface area contributed by atoms with Crippen molar-refractivity contribution in [3.8, 4) is 5.75 Å². The molecule has 1 amide bonds. The number of hydrogen-bond acceptors (Lipinski definition) is 3. The molecule has 0 heterocycles. The Morgan fingerprint density at radius 1 is 1.29 bits per heavy atom. The van der Waals surface area contributed by atoms with E-state index < -0.39 is 6.36 Å². The Kier molecular flexibility index (Phi) is 6.48. The Morgan fingerprint density at radius 3 is 2.57 bits per heavy atom. The number of para-hydroxylation sites is 1. The minimum Gasteiger partial charge on any atom is -0.405 e. The molecule has 0 spiro atoms. The van der Waals surface area contributed by atoms with Crippen molar-refractivity contribution in [3.63, 3.8) is 0 Å². The molecule has 0 atom stereocenters. The maximum atomic E-state index is 12.2. The molecule has 0 saturated carbocycles. The minimum atomic E-state index is -4.73. The van der Waals surface area contributed by atoms with Crippen LogP contribution in [0, 0.1) is 5.92 Å². The standard InChI is InChI=1S/C14H19F3N2O2/c1-10(2)7-19-13(20)9-18-8-11-5-3-4-6-12(11)21-14(15,16)17/h3-6,10,18H,7-9H2,1-2H3,(H,19,20). The first kappa shape index (κ1) is 17.3. The van der Waals surface area contributed by atoms with Crippen LogP contribution in [0.15, 0.2) is 24.3 Å². The summed E-state index contributed by atoms with van der Waals surface area (Å²) < 4.78 is 40.7. The Bertz CT molecular complexity index is 462. The van der Waals surface area contributed by atoms with E-state index in [-0.39, 0.29) is 24.7 Å². The summed E-state index contributed by atoms with van der Waals surface area (Å²) in [4.78, 5) is 11.5. The summed E-state index contributed by atoms with van der Waals surface area (Å²) in [5.41, 5.74) is 0.339. The Balaban J connectivity index is 2.47. The van der Waals surface area contributed by atoms with Gasteiger partial charge in [0, 0.05) is 18.7 Å². The highest BCUT2D eigenvalue weighted by Gasteiger charge is 2.31. The van der Waals surface area contributed by atoms with Crippen molar-refractivity contribution in [2.45, 2.75) is 26.8 Å². The first-order valence-corrected chi connectivity index (χ1v) is 6.59. The van der Waals surface area contributed by atoms with Crippen LogP contribution in [0.1, 0.15) is 19.4 Å². The van der Waals surface area contributed by atoms with Gasteiger partial charge in [0.15, 0.2) is 0 Å². The molecule has 118 valence electrons. The lowest BCUT2D eigenvalue weighted by atomic mass is 10.2. The fourth-order valence-corrected chi connectivity index (χ4v) is 1.57. The summed E-state index contributed by atoms with van der Waals surface area (Å²) >= 11 is 0. The zero-order valence-corrected chi connectivity index (χ0v) is 12.0. The Hall–Kier alpha value is -1.76. The van der Waals surface area contributed by atoms with E-state index in [4.69, 9.17) is 0 Å². The lowest BCUT2D eigenvalue weighted by Gasteiger charge is -2.13. The van der Waals surface area contributed by atoms with E-state index >= 15 is 0 Å². The van der Waals surface area contributed by atoms with Gasteiger partial charge in [0.2, 0.25) is 5.91 Å². The summed E-state index contributed by atoms with van der Waals surface area (Å²) in [6.45, 7) is 4.65. The van der Waals surface area contributed by atoms with Gasteiger partial charge in [-0.3, -0.25) is 4.79 Å². The minimum absolute atomic E-state index is 0.0348. The summed E-state index contributed by atoms with van der Waals surface area (Å²) in [7, 11) is 0. The molecule has 7 heteroatoms. The van der Waals surface area contributed by atoms with E-state index in [1.165, 1.54) is 18.2 Å². The number of hydrogen-bond donors (Lipinski definition) is 2. The molecule has 2 N–H and O–H groups in total. The zero-order chi connectivity index (χ0) is 15.9. The Labute approximate surface area is 121 Å². The van der Waals surface area contributed by atoms with E-state index in [1.807, 2.05) is 13.8 Å². The van der Waals surface area contributed by atoms with Gasteiger partial charge in [-0.2, -0.15) is 0 Å². The van der Waals surface area contributed by atoms with Gasteiger partial charge in [0.1, 0.15) is 5.75 Å². The topological polar surface area (TPSA) is 50.4 Å². The van der Waals surface area contributed by atoms with Crippen LogP contribution in [0.2, 0.25) is 0 Å². The van der Waals surface area contributed by atoms with Crippen molar-refractivity contribution in [3.05, 3.63) is 29.8 Å². The molecule has 0 fully saturated rings. The van der Waals surface area contributed by atoms with Crippen LogP contribution in [0.3, 0.4) is 0 Å². The highest BCUT2D eigenvalue weighted by Crippen LogP contribution is 2.25. The predicted molar refractivity (Wildman–Crippen MR) is 72.7 cm³/mol. The second kappa shape index (κ2) is 7.87. The molecule has 21 heavy (non-hydrogen) atoms. The summed E-state index contributed by atoms with van der Waals surface area (Å²) in [6.07, 6.45) is -4.73. The van der Waals surface area contributed by atoms with Crippen LogP contribution < -0.4 is 15.4 Å². The molecule has 0 aromatic heterocycles. The third kappa shape index (κ3) is 7.55. The molecule has 0 radical (unpaired) electrons. The van der Waals surface area contributed by atoms with Gasteiger partial charge < -0.3 is 15.4 Å². The first-order valence-electron chi connectivity index (χ1n) is 6.59. The van der Waals surface area contributed by atoms with Crippen molar-refractivity contribution in [1.82, 2.24) is 10.6 Å². The molecule has 4 nitrogen and oxygen atoms in total. The van der Waals surface area contributed by atoms with Gasteiger partial charge in [0.25, 0.3) is 0 Å². The number of halogens is 3. The number of benzene rings is 1. The monoisotopic (exact) mass is 304 g/mol. The molecular weight excluding hydrogens is 285 g/mol. The quantitative estimate of drug-likeness (QED) is 0.813. The average Bonchev–Trinajstić information content (AvgIpc) is 2.36. The maximum Gasteiger partial charge on any atom is 0.573 e. The fourth-order valence-electron chi connectivity index (χ4n) is 1.57. The number of nitrogens with one attached hydrogen (secondary N) is 2. The molecule has 0 unspecified atom stereocenters. The number of amides is 1. The molecular formula is C14H19F3N2O2. The highest BCUT2D eigenvalue weighted by atomic mass is 19.4. The second-order valence-electron chi connectivity index (χ2n) is 4.96. The van der Waals surface area contributed by atoms with Crippen molar-refractivity contribution >= 4 is 5.91 Å². The summed E-state index contributed by atoms with van der Waals surface area (Å²) in [6, 6.07) is 5.82. The Morgan fingerprint density at radius 2 is 1.95 bits per heavy atom. The lowest BCUT2D eigenvalue weighted by Crippen LogP contribution is -2.35. The zero-order valence-electron chi connectivity index (χ0n) is 12.0. The van der Waals surface area contributed by atoms with Crippen molar-refractivity contribution in [2.24, 2.45) is 5.92 Å². The SMILES string of the molecule is CC(C)CNC(=O)CNCc1ccccc1OC(F)(F)F. The fraction of sp³-hybridized carbons (Fsp3) is 0.500.